The normalized spacial score (nSPS) is 9.50. The van der Waals surface area contributed by atoms with E-state index in [0.29, 0.717) is 0 Å². The standard InChI is InChI=1S/C7H14N2O3/c1-8-4-7(11)9-3-6(10)5-12-2/h8H,3-5H2,1-2H3,(H,9,11). The fourth-order valence-electron chi connectivity index (χ4n) is 0.632. The van der Waals surface area contributed by atoms with Gasteiger partial charge >= 0.3 is 0 Å². The Morgan fingerprint density at radius 1 is 1.33 bits per heavy atom. The van der Waals surface area contributed by atoms with Crippen LogP contribution in [0.4, 0.5) is 0 Å². The van der Waals surface area contributed by atoms with Crippen molar-refractivity contribution in [2.45, 2.75) is 0 Å². The van der Waals surface area contributed by atoms with Crippen molar-refractivity contribution in [1.29, 1.82) is 0 Å². The van der Waals surface area contributed by atoms with Crippen LogP contribution in [0.5, 0.6) is 0 Å². The first-order valence-electron chi connectivity index (χ1n) is 3.62. The van der Waals surface area contributed by atoms with E-state index in [1.165, 1.54) is 7.11 Å². The van der Waals surface area contributed by atoms with E-state index in [9.17, 15) is 9.59 Å². The van der Waals surface area contributed by atoms with Gasteiger partial charge in [0.25, 0.3) is 0 Å². The molecule has 0 aromatic carbocycles. The van der Waals surface area contributed by atoms with Gasteiger partial charge in [0.2, 0.25) is 5.91 Å². The maximum absolute atomic E-state index is 10.8. The number of hydrogen-bond acceptors (Lipinski definition) is 4. The molecule has 0 saturated heterocycles. The van der Waals surface area contributed by atoms with Gasteiger partial charge in [-0.05, 0) is 7.05 Å². The van der Waals surface area contributed by atoms with Gasteiger partial charge in [-0.25, -0.2) is 0 Å². The second-order valence-electron chi connectivity index (χ2n) is 2.28. The molecule has 70 valence electrons. The van der Waals surface area contributed by atoms with Gasteiger partial charge in [-0.1, -0.05) is 0 Å². The SMILES string of the molecule is CNCC(=O)NCC(=O)COC. The van der Waals surface area contributed by atoms with Gasteiger partial charge in [0, 0.05) is 7.11 Å². The smallest absolute Gasteiger partial charge is 0.234 e. The predicted molar refractivity (Wildman–Crippen MR) is 43.8 cm³/mol. The van der Waals surface area contributed by atoms with E-state index in [-0.39, 0.29) is 31.4 Å². The topological polar surface area (TPSA) is 67.4 Å². The summed E-state index contributed by atoms with van der Waals surface area (Å²) in [4.78, 5) is 21.6. The highest BCUT2D eigenvalue weighted by Crippen LogP contribution is 1.72. The molecule has 0 radical (unpaired) electrons. The molecule has 0 spiro atoms. The van der Waals surface area contributed by atoms with Gasteiger partial charge in [-0.2, -0.15) is 0 Å². The number of ether oxygens (including phenoxy) is 1. The molecule has 0 atom stereocenters. The molecular formula is C7H14N2O3. The van der Waals surface area contributed by atoms with Crippen LogP contribution < -0.4 is 10.6 Å². The molecule has 1 amide bonds. The second-order valence-corrected chi connectivity index (χ2v) is 2.28. The highest BCUT2D eigenvalue weighted by Gasteiger charge is 2.03. The van der Waals surface area contributed by atoms with E-state index in [0.717, 1.165) is 0 Å². The second kappa shape index (κ2) is 6.75. The van der Waals surface area contributed by atoms with Gasteiger partial charge in [0.1, 0.15) is 6.61 Å². The van der Waals surface area contributed by atoms with Crippen molar-refractivity contribution < 1.29 is 14.3 Å². The Balaban J connectivity index is 3.40. The number of rotatable bonds is 6. The molecule has 0 rings (SSSR count). The third kappa shape index (κ3) is 5.82. The molecule has 12 heavy (non-hydrogen) atoms. The van der Waals surface area contributed by atoms with Crippen LogP contribution in [0.15, 0.2) is 0 Å². The lowest BCUT2D eigenvalue weighted by atomic mass is 10.4. The third-order valence-corrected chi connectivity index (χ3v) is 1.13. The van der Waals surface area contributed by atoms with Gasteiger partial charge in [-0.15, -0.1) is 0 Å². The van der Waals surface area contributed by atoms with Crippen LogP contribution in [-0.2, 0) is 14.3 Å². The average molecular weight is 174 g/mol. The van der Waals surface area contributed by atoms with E-state index in [1.54, 1.807) is 7.05 Å². The summed E-state index contributed by atoms with van der Waals surface area (Å²) in [7, 11) is 3.10. The van der Waals surface area contributed by atoms with Crippen LogP contribution in [0.2, 0.25) is 0 Å². The lowest BCUT2D eigenvalue weighted by Gasteiger charge is -2.02. The lowest BCUT2D eigenvalue weighted by molar-refractivity contribution is -0.126. The Bertz CT molecular complexity index is 141. The molecule has 5 heteroatoms. The summed E-state index contributed by atoms with van der Waals surface area (Å²) in [6, 6.07) is 0. The Morgan fingerprint density at radius 2 is 2.00 bits per heavy atom. The maximum Gasteiger partial charge on any atom is 0.234 e. The monoisotopic (exact) mass is 174 g/mol. The molecule has 0 aliphatic carbocycles. The summed E-state index contributed by atoms with van der Waals surface area (Å²) in [6.45, 7) is 0.300. The number of likely N-dealkylation sites (N-methyl/N-ethyl adjacent to an activating group) is 1. The van der Waals surface area contributed by atoms with Crippen LogP contribution in [0, 0.1) is 0 Å². The molecule has 0 bridgehead atoms. The fourth-order valence-corrected chi connectivity index (χ4v) is 0.632. The van der Waals surface area contributed by atoms with E-state index < -0.39 is 0 Å². The Morgan fingerprint density at radius 3 is 2.50 bits per heavy atom. The van der Waals surface area contributed by atoms with Crippen LogP contribution >= 0.6 is 0 Å². The molecule has 5 nitrogen and oxygen atoms in total. The number of Topliss-reactive ketones (excluding diaryl/α,β-unsaturated/α-hetero) is 1. The number of carbonyl (C=O) groups excluding carboxylic acids is 2. The number of carbonyl (C=O) groups is 2. The van der Waals surface area contributed by atoms with Crippen molar-refractivity contribution in [1.82, 2.24) is 10.6 Å². The minimum atomic E-state index is -0.193. The Labute approximate surface area is 71.5 Å². The van der Waals surface area contributed by atoms with E-state index in [2.05, 4.69) is 15.4 Å². The van der Waals surface area contributed by atoms with Crippen molar-refractivity contribution in [3.8, 4) is 0 Å². The van der Waals surface area contributed by atoms with E-state index in [4.69, 9.17) is 0 Å². The molecule has 0 unspecified atom stereocenters. The summed E-state index contributed by atoms with van der Waals surface area (Å²) in [5, 5.41) is 5.11. The number of methoxy groups -OCH3 is 1. The highest BCUT2D eigenvalue weighted by molar-refractivity contribution is 5.87. The molecule has 0 saturated carbocycles. The molecule has 0 aliphatic heterocycles. The molecule has 0 heterocycles. The first kappa shape index (κ1) is 11.1. The van der Waals surface area contributed by atoms with Crippen molar-refractivity contribution in [3.05, 3.63) is 0 Å². The van der Waals surface area contributed by atoms with Crippen molar-refractivity contribution in [3.63, 3.8) is 0 Å². The minimum absolute atomic E-state index is 0.0361. The van der Waals surface area contributed by atoms with Crippen LogP contribution in [0.1, 0.15) is 0 Å². The van der Waals surface area contributed by atoms with Gasteiger partial charge in [0.05, 0.1) is 13.1 Å². The molecular weight excluding hydrogens is 160 g/mol. The quantitative estimate of drug-likeness (QED) is 0.516. The largest absolute Gasteiger partial charge is 0.377 e. The zero-order chi connectivity index (χ0) is 9.40. The van der Waals surface area contributed by atoms with Crippen molar-refractivity contribution >= 4 is 11.7 Å². The average Bonchev–Trinajstić information content (AvgIpc) is 2.02. The van der Waals surface area contributed by atoms with Crippen molar-refractivity contribution in [2.24, 2.45) is 0 Å². The van der Waals surface area contributed by atoms with Crippen LogP contribution in [-0.4, -0.2) is 45.5 Å². The first-order valence-corrected chi connectivity index (χ1v) is 3.62. The molecule has 0 fully saturated rings. The summed E-state index contributed by atoms with van der Waals surface area (Å²) in [5.74, 6) is -0.330. The van der Waals surface area contributed by atoms with Crippen molar-refractivity contribution in [2.75, 3.05) is 33.9 Å². The number of nitrogens with one attached hydrogen (secondary N) is 2. The maximum atomic E-state index is 10.8. The molecule has 0 aromatic heterocycles. The number of amides is 1. The number of hydrogen-bond donors (Lipinski definition) is 2. The summed E-state index contributed by atoms with van der Waals surface area (Å²) in [5.41, 5.74) is 0. The van der Waals surface area contributed by atoms with Crippen LogP contribution in [0.3, 0.4) is 0 Å². The summed E-state index contributed by atoms with van der Waals surface area (Å²) < 4.78 is 4.58. The number of ketones is 1. The molecule has 0 aliphatic rings. The predicted octanol–water partition coefficient (Wildman–Crippen LogP) is -1.46. The Hall–Kier alpha value is -0.940. The highest BCUT2D eigenvalue weighted by atomic mass is 16.5. The fraction of sp³-hybridized carbons (Fsp3) is 0.714. The minimum Gasteiger partial charge on any atom is -0.377 e. The summed E-state index contributed by atoms with van der Waals surface area (Å²) in [6.07, 6.45) is 0. The lowest BCUT2D eigenvalue weighted by Crippen LogP contribution is -2.36. The molecule has 0 aromatic rings. The van der Waals surface area contributed by atoms with Gasteiger partial charge in [-0.3, -0.25) is 9.59 Å². The Kier molecular flexibility index (Phi) is 6.22. The first-order chi connectivity index (χ1) is 5.70. The van der Waals surface area contributed by atoms with Crippen LogP contribution in [0.25, 0.3) is 0 Å². The van der Waals surface area contributed by atoms with Gasteiger partial charge in [0.15, 0.2) is 5.78 Å². The van der Waals surface area contributed by atoms with E-state index in [1.807, 2.05) is 0 Å². The van der Waals surface area contributed by atoms with E-state index >= 15 is 0 Å². The molecule has 2 N–H and O–H groups in total. The third-order valence-electron chi connectivity index (χ3n) is 1.13. The zero-order valence-electron chi connectivity index (χ0n) is 7.35. The van der Waals surface area contributed by atoms with Gasteiger partial charge < -0.3 is 15.4 Å². The zero-order valence-corrected chi connectivity index (χ0v) is 7.35. The summed E-state index contributed by atoms with van der Waals surface area (Å²) >= 11 is 0.